The van der Waals surface area contributed by atoms with Crippen LogP contribution in [0.4, 0.5) is 0 Å². The van der Waals surface area contributed by atoms with Gasteiger partial charge in [0.1, 0.15) is 6.04 Å². The summed E-state index contributed by atoms with van der Waals surface area (Å²) in [6, 6.07) is 8.11. The molecule has 1 amide bonds. The molecule has 1 aromatic heterocycles. The van der Waals surface area contributed by atoms with Gasteiger partial charge in [-0.1, -0.05) is 35.0 Å². The fourth-order valence-electron chi connectivity index (χ4n) is 2.22. The van der Waals surface area contributed by atoms with Crippen LogP contribution in [0.2, 0.25) is 0 Å². The van der Waals surface area contributed by atoms with Gasteiger partial charge in [0.25, 0.3) is 5.91 Å². The van der Waals surface area contributed by atoms with Crippen LogP contribution in [0.25, 0.3) is 11.3 Å². The van der Waals surface area contributed by atoms with Crippen molar-refractivity contribution in [2.75, 3.05) is 6.54 Å². The second-order valence-electron chi connectivity index (χ2n) is 5.59. The minimum atomic E-state index is -1.08. The molecule has 0 aliphatic carbocycles. The van der Waals surface area contributed by atoms with Crippen molar-refractivity contribution in [3.05, 3.63) is 41.6 Å². The van der Waals surface area contributed by atoms with E-state index in [0.29, 0.717) is 31.6 Å². The van der Waals surface area contributed by atoms with Crippen LogP contribution >= 0.6 is 0 Å². The van der Waals surface area contributed by atoms with Gasteiger partial charge >= 0.3 is 5.97 Å². The molecule has 2 aromatic rings. The van der Waals surface area contributed by atoms with Gasteiger partial charge in [-0.05, 0) is 32.7 Å². The number of aromatic nitrogens is 1. The maximum atomic E-state index is 12.2. The van der Waals surface area contributed by atoms with Gasteiger partial charge in [-0.25, -0.2) is 4.79 Å². The standard InChI is InChI=1S/C17H21N3O4/c1-11-5-7-12(8-6-11)15-10-14(20-24-15)16(21)19-13(17(22)23)4-2-3-9-18/h5-8,10,13H,2-4,9,18H2,1H3,(H,19,21)(H,22,23)/t13-/m0/s1. The van der Waals surface area contributed by atoms with Crippen molar-refractivity contribution < 1.29 is 19.2 Å². The van der Waals surface area contributed by atoms with E-state index in [1.165, 1.54) is 6.07 Å². The number of hydrogen-bond acceptors (Lipinski definition) is 5. The fraction of sp³-hybridized carbons (Fsp3) is 0.353. The van der Waals surface area contributed by atoms with Crippen LogP contribution < -0.4 is 11.1 Å². The third-order valence-electron chi connectivity index (χ3n) is 3.63. The van der Waals surface area contributed by atoms with Crippen molar-refractivity contribution in [2.24, 2.45) is 5.73 Å². The maximum absolute atomic E-state index is 12.2. The maximum Gasteiger partial charge on any atom is 0.326 e. The van der Waals surface area contributed by atoms with Gasteiger partial charge in [0.15, 0.2) is 11.5 Å². The van der Waals surface area contributed by atoms with Crippen LogP contribution in [0, 0.1) is 6.92 Å². The van der Waals surface area contributed by atoms with Crippen LogP contribution in [0.15, 0.2) is 34.9 Å². The molecule has 0 saturated carbocycles. The molecule has 0 saturated heterocycles. The zero-order valence-corrected chi connectivity index (χ0v) is 13.5. The van der Waals surface area contributed by atoms with E-state index in [4.69, 9.17) is 10.3 Å². The summed E-state index contributed by atoms with van der Waals surface area (Å²) in [7, 11) is 0. The summed E-state index contributed by atoms with van der Waals surface area (Å²) in [4.78, 5) is 23.4. The summed E-state index contributed by atoms with van der Waals surface area (Å²) in [6.45, 7) is 2.46. The fourth-order valence-corrected chi connectivity index (χ4v) is 2.22. The minimum absolute atomic E-state index is 0.0515. The summed E-state index contributed by atoms with van der Waals surface area (Å²) in [5, 5.41) is 15.4. The predicted molar refractivity (Wildman–Crippen MR) is 88.5 cm³/mol. The number of unbranched alkanes of at least 4 members (excludes halogenated alkanes) is 1. The Morgan fingerprint density at radius 3 is 2.62 bits per heavy atom. The van der Waals surface area contributed by atoms with E-state index < -0.39 is 17.9 Å². The quantitative estimate of drug-likeness (QED) is 0.636. The molecular formula is C17H21N3O4. The first kappa shape index (κ1) is 17.7. The second kappa shape index (κ2) is 8.26. The highest BCUT2D eigenvalue weighted by molar-refractivity contribution is 5.95. The van der Waals surface area contributed by atoms with Gasteiger partial charge in [-0.3, -0.25) is 4.79 Å². The Kier molecular flexibility index (Phi) is 6.08. The first-order valence-electron chi connectivity index (χ1n) is 7.78. The molecular weight excluding hydrogens is 310 g/mol. The molecule has 7 heteroatoms. The Hall–Kier alpha value is -2.67. The van der Waals surface area contributed by atoms with Crippen molar-refractivity contribution in [3.63, 3.8) is 0 Å². The summed E-state index contributed by atoms with van der Waals surface area (Å²) < 4.78 is 5.18. The molecule has 128 valence electrons. The van der Waals surface area contributed by atoms with E-state index in [-0.39, 0.29) is 5.69 Å². The SMILES string of the molecule is Cc1ccc(-c2cc(C(=O)N[C@@H](CCCCN)C(=O)O)no2)cc1. The lowest BCUT2D eigenvalue weighted by Gasteiger charge is -2.12. The molecule has 1 atom stereocenters. The smallest absolute Gasteiger partial charge is 0.326 e. The summed E-state index contributed by atoms with van der Waals surface area (Å²) >= 11 is 0. The van der Waals surface area contributed by atoms with E-state index in [0.717, 1.165) is 11.1 Å². The average molecular weight is 331 g/mol. The highest BCUT2D eigenvalue weighted by Crippen LogP contribution is 2.20. The van der Waals surface area contributed by atoms with Crippen molar-refractivity contribution in [1.82, 2.24) is 10.5 Å². The molecule has 1 aromatic carbocycles. The molecule has 7 nitrogen and oxygen atoms in total. The first-order chi connectivity index (χ1) is 11.5. The number of carbonyl (C=O) groups is 2. The molecule has 0 spiro atoms. The lowest BCUT2D eigenvalue weighted by molar-refractivity contribution is -0.139. The van der Waals surface area contributed by atoms with E-state index >= 15 is 0 Å². The van der Waals surface area contributed by atoms with Gasteiger partial charge in [0.05, 0.1) is 0 Å². The van der Waals surface area contributed by atoms with Crippen LogP contribution in [-0.2, 0) is 4.79 Å². The number of aliphatic carboxylic acids is 1. The van der Waals surface area contributed by atoms with E-state index in [2.05, 4.69) is 10.5 Å². The predicted octanol–water partition coefficient (Wildman–Crippen LogP) is 1.96. The molecule has 0 unspecified atom stereocenters. The van der Waals surface area contributed by atoms with E-state index in [1.807, 2.05) is 31.2 Å². The number of benzene rings is 1. The number of aryl methyl sites for hydroxylation is 1. The monoisotopic (exact) mass is 331 g/mol. The minimum Gasteiger partial charge on any atom is -0.480 e. The average Bonchev–Trinajstić information content (AvgIpc) is 3.04. The van der Waals surface area contributed by atoms with Crippen LogP contribution in [0.1, 0.15) is 35.3 Å². The Morgan fingerprint density at radius 2 is 2.00 bits per heavy atom. The number of hydrogen-bond donors (Lipinski definition) is 3. The molecule has 0 aliphatic heterocycles. The number of nitrogens with zero attached hydrogens (tertiary/aromatic N) is 1. The van der Waals surface area contributed by atoms with Gasteiger partial charge in [-0.2, -0.15) is 0 Å². The summed E-state index contributed by atoms with van der Waals surface area (Å²) in [5.41, 5.74) is 7.35. The number of carbonyl (C=O) groups excluding carboxylic acids is 1. The number of carboxylic acid groups (broad SMARTS) is 1. The highest BCUT2D eigenvalue weighted by atomic mass is 16.5. The van der Waals surface area contributed by atoms with Crippen molar-refractivity contribution in [1.29, 1.82) is 0 Å². The Balaban J connectivity index is 2.04. The number of nitrogens with two attached hydrogens (primary N) is 1. The molecule has 0 fully saturated rings. The first-order valence-corrected chi connectivity index (χ1v) is 7.78. The van der Waals surface area contributed by atoms with E-state index in [1.54, 1.807) is 0 Å². The molecule has 0 radical (unpaired) electrons. The molecule has 1 heterocycles. The molecule has 0 aliphatic rings. The third kappa shape index (κ3) is 4.66. The molecule has 0 bridgehead atoms. The largest absolute Gasteiger partial charge is 0.480 e. The molecule has 4 N–H and O–H groups in total. The van der Waals surface area contributed by atoms with Crippen LogP contribution in [-0.4, -0.2) is 34.7 Å². The normalized spacial score (nSPS) is 11.9. The number of carboxylic acids is 1. The lowest BCUT2D eigenvalue weighted by Crippen LogP contribution is -2.40. The van der Waals surface area contributed by atoms with Crippen molar-refractivity contribution in [2.45, 2.75) is 32.2 Å². The Morgan fingerprint density at radius 1 is 1.29 bits per heavy atom. The number of nitrogens with one attached hydrogen (secondary N) is 1. The van der Waals surface area contributed by atoms with E-state index in [9.17, 15) is 14.7 Å². The zero-order chi connectivity index (χ0) is 17.5. The second-order valence-corrected chi connectivity index (χ2v) is 5.59. The van der Waals surface area contributed by atoms with Gasteiger partial charge in [0.2, 0.25) is 0 Å². The van der Waals surface area contributed by atoms with Gasteiger partial charge < -0.3 is 20.7 Å². The lowest BCUT2D eigenvalue weighted by atomic mass is 10.1. The van der Waals surface area contributed by atoms with Gasteiger partial charge in [0, 0.05) is 11.6 Å². The zero-order valence-electron chi connectivity index (χ0n) is 13.5. The number of rotatable bonds is 8. The number of amides is 1. The molecule has 24 heavy (non-hydrogen) atoms. The van der Waals surface area contributed by atoms with Crippen molar-refractivity contribution in [3.8, 4) is 11.3 Å². The van der Waals surface area contributed by atoms with Gasteiger partial charge in [-0.15, -0.1) is 0 Å². The highest BCUT2D eigenvalue weighted by Gasteiger charge is 2.22. The summed E-state index contributed by atoms with van der Waals surface area (Å²) in [6.07, 6.45) is 1.66. The molecule has 2 rings (SSSR count). The third-order valence-corrected chi connectivity index (χ3v) is 3.63. The van der Waals surface area contributed by atoms with Crippen LogP contribution in [0.3, 0.4) is 0 Å². The Labute approximate surface area is 139 Å². The van der Waals surface area contributed by atoms with Crippen molar-refractivity contribution >= 4 is 11.9 Å². The Bertz CT molecular complexity index is 694. The summed E-state index contributed by atoms with van der Waals surface area (Å²) in [5.74, 6) is -1.20. The topological polar surface area (TPSA) is 118 Å². The van der Waals surface area contributed by atoms with Crippen LogP contribution in [0.5, 0.6) is 0 Å².